The summed E-state index contributed by atoms with van der Waals surface area (Å²) < 4.78 is 0. The zero-order valence-electron chi connectivity index (χ0n) is 35.3. The van der Waals surface area contributed by atoms with E-state index in [-0.39, 0.29) is 6.04 Å². The average Bonchev–Trinajstić information content (AvgIpc) is 3.27. The van der Waals surface area contributed by atoms with Crippen LogP contribution in [0.4, 0.5) is 22.7 Å². The molecule has 1 aliphatic rings. The Morgan fingerprint density at radius 2 is 1.19 bits per heavy atom. The average molecular weight is 749 g/mol. The maximum absolute atomic E-state index is 3.83. The number of allylic oxidation sites excluding steroid dienone is 7. The third-order valence-electron chi connectivity index (χ3n) is 10.3. The molecule has 1 unspecified atom stereocenters. The van der Waals surface area contributed by atoms with Gasteiger partial charge in [-0.05, 0) is 126 Å². The fourth-order valence-electron chi connectivity index (χ4n) is 7.77. The highest BCUT2D eigenvalue weighted by Gasteiger charge is 2.23. The van der Waals surface area contributed by atoms with Crippen molar-refractivity contribution in [2.75, 3.05) is 9.80 Å². The number of benzene rings is 6. The SMILES string of the molecule is C=C/C=C\C=C(/C)N(c1ccccc1)C1C=CC(c2cc(C)c(-c3c(CC)cc(N(c4ccccc4)c4ccccc4)c4ccccc34)cc2C)=CC1.CC.CC. The number of nitrogens with zero attached hydrogens (tertiary/aromatic N) is 2. The quantitative estimate of drug-likeness (QED) is 0.122. The molecule has 0 aromatic heterocycles. The zero-order chi connectivity index (χ0) is 40.7. The topological polar surface area (TPSA) is 6.48 Å². The summed E-state index contributed by atoms with van der Waals surface area (Å²) in [5.74, 6) is 0. The first-order valence-electron chi connectivity index (χ1n) is 20.7. The summed E-state index contributed by atoms with van der Waals surface area (Å²) in [6.45, 7) is 20.8. The molecular weight excluding hydrogens is 689 g/mol. The van der Waals surface area contributed by atoms with Crippen LogP contribution in [0.25, 0.3) is 27.5 Å². The molecule has 0 aliphatic heterocycles. The Bertz CT molecular complexity index is 2300. The van der Waals surface area contributed by atoms with Gasteiger partial charge in [-0.3, -0.25) is 0 Å². The highest BCUT2D eigenvalue weighted by Crippen LogP contribution is 2.45. The van der Waals surface area contributed by atoms with Crippen molar-refractivity contribution < 1.29 is 0 Å². The number of rotatable bonds is 11. The second-order valence-electron chi connectivity index (χ2n) is 13.8. The number of aryl methyl sites for hydroxylation is 3. The molecule has 2 nitrogen and oxygen atoms in total. The van der Waals surface area contributed by atoms with Gasteiger partial charge in [-0.1, -0.05) is 169 Å². The van der Waals surface area contributed by atoms with Gasteiger partial charge < -0.3 is 9.80 Å². The molecule has 0 saturated heterocycles. The van der Waals surface area contributed by atoms with Gasteiger partial charge in [0.25, 0.3) is 0 Å². The molecule has 0 amide bonds. The van der Waals surface area contributed by atoms with E-state index in [1.54, 1.807) is 0 Å². The molecular formula is C55H60N2. The lowest BCUT2D eigenvalue weighted by atomic mass is 9.85. The van der Waals surface area contributed by atoms with Crippen molar-refractivity contribution in [3.63, 3.8) is 0 Å². The minimum atomic E-state index is 0.221. The van der Waals surface area contributed by atoms with Crippen LogP contribution < -0.4 is 9.80 Å². The van der Waals surface area contributed by atoms with Gasteiger partial charge in [0.1, 0.15) is 0 Å². The molecule has 0 saturated carbocycles. The Morgan fingerprint density at radius 3 is 1.74 bits per heavy atom. The highest BCUT2D eigenvalue weighted by molar-refractivity contribution is 6.08. The maximum Gasteiger partial charge on any atom is 0.0557 e. The van der Waals surface area contributed by atoms with E-state index in [0.717, 1.165) is 24.2 Å². The monoisotopic (exact) mass is 748 g/mol. The normalized spacial score (nSPS) is 13.6. The number of para-hydroxylation sites is 3. The van der Waals surface area contributed by atoms with Crippen LogP contribution in [-0.2, 0) is 6.42 Å². The number of hydrogen-bond acceptors (Lipinski definition) is 2. The second-order valence-corrected chi connectivity index (χ2v) is 13.8. The second kappa shape index (κ2) is 20.7. The molecule has 1 aliphatic carbocycles. The van der Waals surface area contributed by atoms with E-state index in [0.29, 0.717) is 0 Å². The first-order chi connectivity index (χ1) is 28.0. The van der Waals surface area contributed by atoms with Crippen LogP contribution in [0.1, 0.15) is 70.2 Å². The van der Waals surface area contributed by atoms with Crippen molar-refractivity contribution >= 4 is 39.1 Å². The lowest BCUT2D eigenvalue weighted by molar-refractivity contribution is 0.754. The molecule has 0 radical (unpaired) electrons. The van der Waals surface area contributed by atoms with Crippen LogP contribution in [0.2, 0.25) is 0 Å². The summed E-state index contributed by atoms with van der Waals surface area (Å²) in [5, 5.41) is 2.52. The molecule has 2 heteroatoms. The fraction of sp³-hybridized carbons (Fsp3) is 0.200. The smallest absolute Gasteiger partial charge is 0.0557 e. The zero-order valence-corrected chi connectivity index (χ0v) is 35.3. The first-order valence-corrected chi connectivity index (χ1v) is 20.7. The van der Waals surface area contributed by atoms with Gasteiger partial charge in [0.05, 0.1) is 11.7 Å². The summed E-state index contributed by atoms with van der Waals surface area (Å²) in [5.41, 5.74) is 15.0. The molecule has 0 N–H and O–H groups in total. The largest absolute Gasteiger partial charge is 0.338 e. The minimum Gasteiger partial charge on any atom is -0.338 e. The van der Waals surface area contributed by atoms with E-state index < -0.39 is 0 Å². The van der Waals surface area contributed by atoms with Crippen molar-refractivity contribution in [3.8, 4) is 11.1 Å². The van der Waals surface area contributed by atoms with Crippen molar-refractivity contribution in [3.05, 3.63) is 211 Å². The lowest BCUT2D eigenvalue weighted by Gasteiger charge is -2.34. The molecule has 0 spiro atoms. The standard InChI is InChI=1S/C51H48N2.2C2H6/c1-6-8-12-21-39(5)52(42-22-13-9-14-23-42)45-32-30-41(31-33-45)48-34-38(4)49(35-37(48)3)51-40(7-2)36-50(46-28-19-20-29-47(46)51)53(43-24-15-10-16-25-43)44-26-17-11-18-27-44;2*1-2/h6,8-32,34-36,45H,1,7,33H2,2-5H3;2*1-2H3/b12-8-,39-21+;;. The van der Waals surface area contributed by atoms with E-state index in [1.807, 2.05) is 39.8 Å². The number of fused-ring (bicyclic) bond motifs is 1. The van der Waals surface area contributed by atoms with E-state index in [2.05, 4.69) is 208 Å². The Balaban J connectivity index is 0.00000150. The predicted octanol–water partition coefficient (Wildman–Crippen LogP) is 16.1. The molecule has 290 valence electrons. The van der Waals surface area contributed by atoms with Crippen molar-refractivity contribution in [1.82, 2.24) is 0 Å². The van der Waals surface area contributed by atoms with Crippen LogP contribution in [0.15, 0.2) is 188 Å². The molecule has 0 heterocycles. The van der Waals surface area contributed by atoms with Gasteiger partial charge in [0.2, 0.25) is 0 Å². The van der Waals surface area contributed by atoms with Gasteiger partial charge in [0.15, 0.2) is 0 Å². The van der Waals surface area contributed by atoms with Gasteiger partial charge >= 0.3 is 0 Å². The van der Waals surface area contributed by atoms with Crippen LogP contribution >= 0.6 is 0 Å². The number of anilines is 4. The van der Waals surface area contributed by atoms with Crippen LogP contribution in [0.3, 0.4) is 0 Å². The summed E-state index contributed by atoms with van der Waals surface area (Å²) in [6.07, 6.45) is 17.0. The van der Waals surface area contributed by atoms with Gasteiger partial charge in [-0.2, -0.15) is 0 Å². The van der Waals surface area contributed by atoms with Gasteiger partial charge in [0, 0.05) is 28.1 Å². The van der Waals surface area contributed by atoms with Crippen LogP contribution in [-0.4, -0.2) is 6.04 Å². The summed E-state index contributed by atoms with van der Waals surface area (Å²) in [7, 11) is 0. The minimum absolute atomic E-state index is 0.221. The first kappa shape index (κ1) is 42.0. The predicted molar refractivity (Wildman–Crippen MR) is 253 cm³/mol. The Morgan fingerprint density at radius 1 is 0.667 bits per heavy atom. The maximum atomic E-state index is 3.83. The number of hydrogen-bond donors (Lipinski definition) is 0. The summed E-state index contributed by atoms with van der Waals surface area (Å²) in [6, 6.07) is 48.5. The Hall–Kier alpha value is -6.12. The highest BCUT2D eigenvalue weighted by atomic mass is 15.2. The molecule has 0 bridgehead atoms. The fourth-order valence-corrected chi connectivity index (χ4v) is 7.77. The molecule has 6 aromatic rings. The van der Waals surface area contributed by atoms with E-state index >= 15 is 0 Å². The van der Waals surface area contributed by atoms with E-state index in [9.17, 15) is 0 Å². The molecule has 7 rings (SSSR count). The Labute approximate surface area is 343 Å². The Kier molecular flexibility index (Phi) is 15.3. The van der Waals surface area contributed by atoms with Crippen molar-refractivity contribution in [2.24, 2.45) is 0 Å². The lowest BCUT2D eigenvalue weighted by Crippen LogP contribution is -2.32. The van der Waals surface area contributed by atoms with Crippen molar-refractivity contribution in [1.29, 1.82) is 0 Å². The molecule has 1 atom stereocenters. The van der Waals surface area contributed by atoms with E-state index in [1.165, 1.54) is 66.8 Å². The van der Waals surface area contributed by atoms with E-state index in [4.69, 9.17) is 0 Å². The van der Waals surface area contributed by atoms with Crippen LogP contribution in [0, 0.1) is 13.8 Å². The molecule has 0 fully saturated rings. The summed E-state index contributed by atoms with van der Waals surface area (Å²) in [4.78, 5) is 4.83. The molecule has 57 heavy (non-hydrogen) atoms. The molecule has 6 aromatic carbocycles. The van der Waals surface area contributed by atoms with Gasteiger partial charge in [-0.15, -0.1) is 0 Å². The van der Waals surface area contributed by atoms with Gasteiger partial charge in [-0.25, -0.2) is 0 Å². The third kappa shape index (κ3) is 9.47. The van der Waals surface area contributed by atoms with Crippen molar-refractivity contribution in [2.45, 2.75) is 74.3 Å². The summed E-state index contributed by atoms with van der Waals surface area (Å²) >= 11 is 0. The van der Waals surface area contributed by atoms with Crippen LogP contribution in [0.5, 0.6) is 0 Å². The third-order valence-corrected chi connectivity index (χ3v) is 10.3.